The molecule has 7 heavy (non-hydrogen) atoms. The van der Waals surface area contributed by atoms with Gasteiger partial charge in [0.1, 0.15) is 0 Å². The van der Waals surface area contributed by atoms with Crippen molar-refractivity contribution in [1.29, 1.82) is 0 Å². The summed E-state index contributed by atoms with van der Waals surface area (Å²) >= 11 is 0. The molecule has 0 aromatic heterocycles. The predicted octanol–water partition coefficient (Wildman–Crippen LogP) is 0.240. The van der Waals surface area contributed by atoms with E-state index in [1.165, 1.54) is 0 Å². The maximum absolute atomic E-state index is 3.80. The van der Waals surface area contributed by atoms with E-state index in [1.54, 1.807) is 0 Å². The summed E-state index contributed by atoms with van der Waals surface area (Å²) in [5, 5.41) is 3.08. The molecule has 1 N–H and O–H groups in total. The molecule has 2 atom stereocenters. The first kappa shape index (κ1) is 8.06. The fourth-order valence-electron chi connectivity index (χ4n) is 0.451. The second-order valence-corrected chi connectivity index (χ2v) is 1.77. The van der Waals surface area contributed by atoms with E-state index in [0.29, 0.717) is 12.0 Å². The summed E-state index contributed by atoms with van der Waals surface area (Å²) in [6.45, 7) is 8.60. The zero-order chi connectivity index (χ0) is 4.57. The molecule has 0 saturated carbocycles. The van der Waals surface area contributed by atoms with Gasteiger partial charge < -0.3 is 19.2 Å². The van der Waals surface area contributed by atoms with E-state index in [4.69, 9.17) is 0 Å². The second-order valence-electron chi connectivity index (χ2n) is 1.77. The standard InChI is InChI=1S/C5H9N.Y/c1-4-3-6-5(4)2;/h4-6H,1-3H2;/q-2;. The van der Waals surface area contributed by atoms with Crippen molar-refractivity contribution >= 4 is 0 Å². The maximum Gasteiger partial charge on any atom is 0 e. The minimum absolute atomic E-state index is 0. The Morgan fingerprint density at radius 1 is 1.43 bits per heavy atom. The molecule has 1 radical (unpaired) electrons. The summed E-state index contributed by atoms with van der Waals surface area (Å²) in [6.07, 6.45) is 0. The molecular weight excluding hydrogens is 163 g/mol. The summed E-state index contributed by atoms with van der Waals surface area (Å²) < 4.78 is 0. The van der Waals surface area contributed by atoms with Crippen molar-refractivity contribution in [3.05, 3.63) is 13.8 Å². The van der Waals surface area contributed by atoms with Gasteiger partial charge in [-0.3, -0.25) is 0 Å². The van der Waals surface area contributed by atoms with E-state index < -0.39 is 0 Å². The first-order valence-electron chi connectivity index (χ1n) is 2.20. The van der Waals surface area contributed by atoms with Crippen molar-refractivity contribution in [3.63, 3.8) is 0 Å². The topological polar surface area (TPSA) is 12.0 Å². The molecule has 1 heterocycles. The molecule has 0 aromatic rings. The fourth-order valence-corrected chi connectivity index (χ4v) is 0.451. The number of hydrogen-bond donors (Lipinski definition) is 1. The average Bonchev–Trinajstić information content (AvgIpc) is 1.61. The smallest absolute Gasteiger partial charge is 0 e. The van der Waals surface area contributed by atoms with Gasteiger partial charge in [0.05, 0.1) is 0 Å². The van der Waals surface area contributed by atoms with Crippen LogP contribution in [0.3, 0.4) is 0 Å². The molecule has 0 aliphatic carbocycles. The zero-order valence-electron chi connectivity index (χ0n) is 4.35. The van der Waals surface area contributed by atoms with Gasteiger partial charge in [0, 0.05) is 32.7 Å². The molecule has 2 unspecified atom stereocenters. The van der Waals surface area contributed by atoms with Crippen molar-refractivity contribution in [2.75, 3.05) is 6.54 Å². The van der Waals surface area contributed by atoms with E-state index in [0.717, 1.165) is 6.54 Å². The molecule has 1 aliphatic rings. The molecular formula is C5H9NY-2. The van der Waals surface area contributed by atoms with Crippen LogP contribution in [0, 0.1) is 19.8 Å². The maximum atomic E-state index is 3.80. The van der Waals surface area contributed by atoms with Crippen LogP contribution in [0.2, 0.25) is 0 Å². The normalized spacial score (nSPS) is 38.6. The van der Waals surface area contributed by atoms with E-state index in [2.05, 4.69) is 19.2 Å². The van der Waals surface area contributed by atoms with Gasteiger partial charge in [-0.25, -0.2) is 0 Å². The molecule has 0 bridgehead atoms. The van der Waals surface area contributed by atoms with Crippen LogP contribution in [0.15, 0.2) is 0 Å². The molecule has 2 heteroatoms. The minimum Gasteiger partial charge on any atom is -0.348 e. The Kier molecular flexibility index (Phi) is 3.64. The van der Waals surface area contributed by atoms with Gasteiger partial charge in [-0.1, -0.05) is 0 Å². The number of rotatable bonds is 0. The van der Waals surface area contributed by atoms with Gasteiger partial charge >= 0.3 is 0 Å². The summed E-state index contributed by atoms with van der Waals surface area (Å²) in [5.41, 5.74) is 0. The van der Waals surface area contributed by atoms with Gasteiger partial charge in [0.15, 0.2) is 0 Å². The predicted molar refractivity (Wildman–Crippen MR) is 26.0 cm³/mol. The Labute approximate surface area is 70.1 Å². The molecule has 1 aliphatic heterocycles. The van der Waals surface area contributed by atoms with E-state index >= 15 is 0 Å². The quantitative estimate of drug-likeness (QED) is 0.516. The molecule has 0 aromatic carbocycles. The van der Waals surface area contributed by atoms with Crippen LogP contribution in [0.1, 0.15) is 0 Å². The molecule has 1 saturated heterocycles. The molecule has 1 fully saturated rings. The van der Waals surface area contributed by atoms with Gasteiger partial charge in [0.25, 0.3) is 0 Å². The first-order valence-corrected chi connectivity index (χ1v) is 2.20. The number of nitrogens with one attached hydrogen (secondary N) is 1. The third-order valence-corrected chi connectivity index (χ3v) is 1.21. The van der Waals surface area contributed by atoms with Crippen molar-refractivity contribution in [3.8, 4) is 0 Å². The molecule has 1 nitrogen and oxygen atoms in total. The summed E-state index contributed by atoms with van der Waals surface area (Å²) in [4.78, 5) is 0. The van der Waals surface area contributed by atoms with Gasteiger partial charge in [-0.15, -0.1) is 6.04 Å². The third kappa shape index (κ3) is 1.79. The van der Waals surface area contributed by atoms with Crippen LogP contribution in [0.4, 0.5) is 0 Å². The first-order chi connectivity index (χ1) is 2.80. The molecule has 0 amide bonds. The van der Waals surface area contributed by atoms with Crippen LogP contribution in [0.5, 0.6) is 0 Å². The van der Waals surface area contributed by atoms with Gasteiger partial charge in [-0.2, -0.15) is 5.92 Å². The van der Waals surface area contributed by atoms with E-state index in [9.17, 15) is 0 Å². The molecule has 1 rings (SSSR count). The van der Waals surface area contributed by atoms with Gasteiger partial charge in [-0.05, 0) is 6.54 Å². The van der Waals surface area contributed by atoms with Crippen LogP contribution in [-0.4, -0.2) is 12.6 Å². The zero-order valence-corrected chi connectivity index (χ0v) is 7.19. The summed E-state index contributed by atoms with van der Waals surface area (Å²) in [6, 6.07) is 0.421. The average molecular weight is 172 g/mol. The Bertz CT molecular complexity index is 48.0. The van der Waals surface area contributed by atoms with Crippen LogP contribution in [0.25, 0.3) is 0 Å². The van der Waals surface area contributed by atoms with Crippen molar-refractivity contribution < 1.29 is 32.7 Å². The fraction of sp³-hybridized carbons (Fsp3) is 0.600. The summed E-state index contributed by atoms with van der Waals surface area (Å²) in [7, 11) is 0. The van der Waals surface area contributed by atoms with Crippen molar-refractivity contribution in [2.45, 2.75) is 6.04 Å². The van der Waals surface area contributed by atoms with Crippen LogP contribution >= 0.6 is 0 Å². The Hall–Kier alpha value is 1.06. The van der Waals surface area contributed by atoms with E-state index in [-0.39, 0.29) is 32.7 Å². The van der Waals surface area contributed by atoms with E-state index in [1.807, 2.05) is 0 Å². The second kappa shape index (κ2) is 3.16. The SMILES string of the molecule is [CH2-]C1CNC1[CH2-].[Y]. The Balaban J connectivity index is 0.000000360. The third-order valence-electron chi connectivity index (χ3n) is 1.21. The van der Waals surface area contributed by atoms with Crippen molar-refractivity contribution in [1.82, 2.24) is 5.32 Å². The largest absolute Gasteiger partial charge is 0.348 e. The Morgan fingerprint density at radius 3 is 1.86 bits per heavy atom. The van der Waals surface area contributed by atoms with Crippen LogP contribution in [-0.2, 0) is 32.7 Å². The van der Waals surface area contributed by atoms with Crippen LogP contribution < -0.4 is 5.32 Å². The number of hydrogen-bond acceptors (Lipinski definition) is 1. The summed E-state index contributed by atoms with van der Waals surface area (Å²) in [5.74, 6) is 0.560. The Morgan fingerprint density at radius 2 is 1.86 bits per heavy atom. The van der Waals surface area contributed by atoms with Crippen molar-refractivity contribution in [2.24, 2.45) is 5.92 Å². The molecule has 0 spiro atoms. The molecule has 39 valence electrons. The van der Waals surface area contributed by atoms with Gasteiger partial charge in [0.2, 0.25) is 0 Å². The minimum atomic E-state index is 0. The monoisotopic (exact) mass is 172 g/mol.